The summed E-state index contributed by atoms with van der Waals surface area (Å²) in [6.45, 7) is 4.66. The van der Waals surface area contributed by atoms with Crippen LogP contribution in [-0.4, -0.2) is 12.1 Å². The average Bonchev–Trinajstić information content (AvgIpc) is 2.32. The number of benzene rings is 1. The predicted octanol–water partition coefficient (Wildman–Crippen LogP) is 3.76. The molecule has 2 bridgehead atoms. The molecule has 1 aliphatic carbocycles. The number of anilines is 1. The van der Waals surface area contributed by atoms with E-state index in [0.29, 0.717) is 0 Å². The van der Waals surface area contributed by atoms with Crippen LogP contribution in [0, 0.1) is 12.8 Å². The number of rotatable bonds is 1. The van der Waals surface area contributed by atoms with Crippen LogP contribution in [-0.2, 0) is 0 Å². The van der Waals surface area contributed by atoms with Crippen LogP contribution in [0.25, 0.3) is 0 Å². The molecule has 16 heavy (non-hydrogen) atoms. The summed E-state index contributed by atoms with van der Waals surface area (Å²) in [6, 6.07) is 10.4. The zero-order valence-corrected chi connectivity index (χ0v) is 10.3. The van der Waals surface area contributed by atoms with Gasteiger partial charge in [0.25, 0.3) is 0 Å². The molecule has 0 N–H and O–H groups in total. The summed E-state index contributed by atoms with van der Waals surface area (Å²) in [4.78, 5) is 2.70. The summed E-state index contributed by atoms with van der Waals surface area (Å²) in [5.41, 5.74) is 2.91. The van der Waals surface area contributed by atoms with Crippen LogP contribution in [0.1, 0.15) is 38.2 Å². The van der Waals surface area contributed by atoms with Crippen molar-refractivity contribution in [1.29, 1.82) is 0 Å². The summed E-state index contributed by atoms with van der Waals surface area (Å²) in [7, 11) is 0. The normalized spacial score (nSPS) is 33.1. The van der Waals surface area contributed by atoms with E-state index in [9.17, 15) is 0 Å². The lowest BCUT2D eigenvalue weighted by molar-refractivity contribution is 0.200. The number of hydrogen-bond donors (Lipinski definition) is 0. The van der Waals surface area contributed by atoms with Gasteiger partial charge in [-0.05, 0) is 57.1 Å². The average molecular weight is 215 g/mol. The van der Waals surface area contributed by atoms with Crippen molar-refractivity contribution in [1.82, 2.24) is 0 Å². The first kappa shape index (κ1) is 10.2. The zero-order valence-electron chi connectivity index (χ0n) is 10.3. The highest BCUT2D eigenvalue weighted by Crippen LogP contribution is 2.42. The van der Waals surface area contributed by atoms with Crippen molar-refractivity contribution in [2.75, 3.05) is 4.90 Å². The highest BCUT2D eigenvalue weighted by atomic mass is 15.2. The van der Waals surface area contributed by atoms with Gasteiger partial charge in [0, 0.05) is 17.8 Å². The summed E-state index contributed by atoms with van der Waals surface area (Å²) in [5, 5.41) is 0. The van der Waals surface area contributed by atoms with Crippen molar-refractivity contribution in [3.8, 4) is 0 Å². The van der Waals surface area contributed by atoms with Crippen molar-refractivity contribution < 1.29 is 0 Å². The Bertz CT molecular complexity index is 375. The molecule has 0 aromatic heterocycles. The molecular formula is C15H21N. The van der Waals surface area contributed by atoms with Gasteiger partial charge in [0.2, 0.25) is 0 Å². The number of para-hydroxylation sites is 1. The molecule has 3 aliphatic rings. The molecule has 2 heterocycles. The van der Waals surface area contributed by atoms with Crippen molar-refractivity contribution in [3.05, 3.63) is 29.8 Å². The molecule has 1 aromatic carbocycles. The van der Waals surface area contributed by atoms with E-state index in [-0.39, 0.29) is 0 Å². The Morgan fingerprint density at radius 3 is 2.38 bits per heavy atom. The minimum absolute atomic E-state index is 0.744. The lowest BCUT2D eigenvalue weighted by Gasteiger charge is -2.52. The highest BCUT2D eigenvalue weighted by molar-refractivity contribution is 5.55. The smallest absolute Gasteiger partial charge is 0.0400 e. The Balaban J connectivity index is 1.97. The van der Waals surface area contributed by atoms with E-state index >= 15 is 0 Å². The Kier molecular flexibility index (Phi) is 2.42. The summed E-state index contributed by atoms with van der Waals surface area (Å²) < 4.78 is 0. The topological polar surface area (TPSA) is 3.24 Å². The van der Waals surface area contributed by atoms with Crippen LogP contribution in [0.3, 0.4) is 0 Å². The van der Waals surface area contributed by atoms with E-state index in [4.69, 9.17) is 0 Å². The van der Waals surface area contributed by atoms with Crippen molar-refractivity contribution in [3.63, 3.8) is 0 Å². The maximum atomic E-state index is 2.70. The van der Waals surface area contributed by atoms with Crippen LogP contribution in [0.15, 0.2) is 24.3 Å². The van der Waals surface area contributed by atoms with Crippen LogP contribution in [0.2, 0.25) is 0 Å². The molecule has 1 aromatic rings. The summed E-state index contributed by atoms with van der Waals surface area (Å²) in [5.74, 6) is 0.935. The standard InChI is InChI=1S/C15H21N/c1-11-5-3-4-6-15(11)16-12(2)13-7-9-14(16)10-8-13/h3-6,12-14H,7-10H2,1-2H3. The molecule has 2 aliphatic heterocycles. The molecule has 0 radical (unpaired) electrons. The summed E-state index contributed by atoms with van der Waals surface area (Å²) in [6.07, 6.45) is 5.72. The minimum atomic E-state index is 0.744. The first-order chi connectivity index (χ1) is 7.77. The molecule has 0 amide bonds. The van der Waals surface area contributed by atoms with Crippen molar-refractivity contribution in [2.24, 2.45) is 5.92 Å². The predicted molar refractivity (Wildman–Crippen MR) is 68.9 cm³/mol. The van der Waals surface area contributed by atoms with E-state index in [2.05, 4.69) is 43.0 Å². The summed E-state index contributed by atoms with van der Waals surface area (Å²) >= 11 is 0. The fourth-order valence-corrected chi connectivity index (χ4v) is 3.69. The Morgan fingerprint density at radius 2 is 1.75 bits per heavy atom. The zero-order chi connectivity index (χ0) is 11.1. The molecular weight excluding hydrogens is 194 g/mol. The fraction of sp³-hybridized carbons (Fsp3) is 0.600. The van der Waals surface area contributed by atoms with Crippen LogP contribution < -0.4 is 4.90 Å². The molecule has 0 spiro atoms. The third-order valence-corrected chi connectivity index (χ3v) is 4.65. The van der Waals surface area contributed by atoms with Gasteiger partial charge in [0.05, 0.1) is 0 Å². The second-order valence-electron chi connectivity index (χ2n) is 5.50. The van der Waals surface area contributed by atoms with Crippen molar-refractivity contribution in [2.45, 2.75) is 51.6 Å². The fourth-order valence-electron chi connectivity index (χ4n) is 3.69. The van der Waals surface area contributed by atoms with Gasteiger partial charge in [0.1, 0.15) is 0 Å². The third-order valence-electron chi connectivity index (χ3n) is 4.65. The third kappa shape index (κ3) is 1.45. The highest BCUT2D eigenvalue weighted by Gasteiger charge is 2.39. The number of aryl methyl sites for hydroxylation is 1. The van der Waals surface area contributed by atoms with Gasteiger partial charge in [-0.25, -0.2) is 0 Å². The molecule has 1 saturated carbocycles. The van der Waals surface area contributed by atoms with E-state index in [1.165, 1.54) is 36.9 Å². The van der Waals surface area contributed by atoms with Crippen LogP contribution in [0.4, 0.5) is 5.69 Å². The molecule has 1 heteroatoms. The molecule has 4 rings (SSSR count). The van der Waals surface area contributed by atoms with Gasteiger partial charge in [-0.3, -0.25) is 0 Å². The first-order valence-electron chi connectivity index (χ1n) is 6.61. The monoisotopic (exact) mass is 215 g/mol. The lowest BCUT2D eigenvalue weighted by atomic mass is 9.75. The molecule has 1 atom stereocenters. The largest absolute Gasteiger partial charge is 0.365 e. The number of nitrogens with zero attached hydrogens (tertiary/aromatic N) is 1. The minimum Gasteiger partial charge on any atom is -0.365 e. The van der Waals surface area contributed by atoms with Gasteiger partial charge in [-0.2, -0.15) is 0 Å². The molecule has 1 unspecified atom stereocenters. The Hall–Kier alpha value is -0.980. The first-order valence-corrected chi connectivity index (χ1v) is 6.61. The van der Waals surface area contributed by atoms with Gasteiger partial charge < -0.3 is 4.90 Å². The number of fused-ring (bicyclic) bond motifs is 3. The second-order valence-corrected chi connectivity index (χ2v) is 5.50. The number of piperidine rings is 2. The van der Waals surface area contributed by atoms with E-state index < -0.39 is 0 Å². The molecule has 3 fully saturated rings. The van der Waals surface area contributed by atoms with Gasteiger partial charge in [-0.15, -0.1) is 0 Å². The van der Waals surface area contributed by atoms with Crippen molar-refractivity contribution >= 4 is 5.69 Å². The number of hydrogen-bond acceptors (Lipinski definition) is 1. The quantitative estimate of drug-likeness (QED) is 0.689. The Labute approximate surface area is 98.5 Å². The van der Waals surface area contributed by atoms with E-state index in [1.54, 1.807) is 0 Å². The molecule has 1 nitrogen and oxygen atoms in total. The maximum Gasteiger partial charge on any atom is 0.0400 e. The van der Waals surface area contributed by atoms with Crippen LogP contribution in [0.5, 0.6) is 0 Å². The van der Waals surface area contributed by atoms with Crippen LogP contribution >= 0.6 is 0 Å². The Morgan fingerprint density at radius 1 is 1.06 bits per heavy atom. The lowest BCUT2D eigenvalue weighted by Crippen LogP contribution is -2.54. The SMILES string of the molecule is Cc1ccccc1N1C2CCC(CC2)C1C. The second kappa shape index (κ2) is 3.80. The van der Waals surface area contributed by atoms with E-state index in [1.807, 2.05) is 0 Å². The van der Waals surface area contributed by atoms with E-state index in [0.717, 1.165) is 18.0 Å². The molecule has 2 saturated heterocycles. The van der Waals surface area contributed by atoms with Gasteiger partial charge in [0.15, 0.2) is 0 Å². The molecule has 86 valence electrons. The van der Waals surface area contributed by atoms with Gasteiger partial charge >= 0.3 is 0 Å². The maximum absolute atomic E-state index is 2.70. The van der Waals surface area contributed by atoms with Gasteiger partial charge in [-0.1, -0.05) is 18.2 Å².